The Balaban J connectivity index is 2.85. The molecule has 0 aliphatic rings. The largest absolute Gasteiger partial charge is 0.465 e. The monoisotopic (exact) mass is 397 g/mol. The molecule has 1 N–H and O–H groups in total. The van der Waals surface area contributed by atoms with Gasteiger partial charge in [-0.25, -0.2) is 8.42 Å². The summed E-state index contributed by atoms with van der Waals surface area (Å²) in [6, 6.07) is 2.42. The van der Waals surface area contributed by atoms with Crippen molar-refractivity contribution in [2.24, 2.45) is 14.1 Å². The predicted molar refractivity (Wildman–Crippen MR) is 97.4 cm³/mol. The summed E-state index contributed by atoms with van der Waals surface area (Å²) in [4.78, 5) is 46.8. The molecular formula is C16H19N3O7S. The number of fused-ring (bicyclic) bond motifs is 1. The summed E-state index contributed by atoms with van der Waals surface area (Å²) < 4.78 is 32.2. The minimum Gasteiger partial charge on any atom is -0.465 e. The van der Waals surface area contributed by atoms with Crippen molar-refractivity contribution in [3.05, 3.63) is 32.8 Å². The number of carbonyl (C=O) groups is 2. The van der Waals surface area contributed by atoms with Gasteiger partial charge in [-0.05, 0) is 19.1 Å². The number of hydrogen-bond donors (Lipinski definition) is 1. The zero-order valence-electron chi connectivity index (χ0n) is 15.2. The zero-order chi connectivity index (χ0) is 20.5. The number of benzene rings is 1. The molecule has 2 rings (SSSR count). The molecule has 10 nitrogen and oxygen atoms in total. The Labute approximate surface area is 154 Å². The smallest absolute Gasteiger partial charge is 0.321 e. The van der Waals surface area contributed by atoms with Crippen molar-refractivity contribution in [1.29, 1.82) is 0 Å². The van der Waals surface area contributed by atoms with E-state index in [0.717, 1.165) is 15.2 Å². The van der Waals surface area contributed by atoms with Crippen LogP contribution in [-0.2, 0) is 38.3 Å². The van der Waals surface area contributed by atoms with Crippen molar-refractivity contribution < 1.29 is 22.7 Å². The molecular weight excluding hydrogens is 378 g/mol. The van der Waals surface area contributed by atoms with Crippen LogP contribution in [0.15, 0.2) is 26.6 Å². The quantitative estimate of drug-likeness (QED) is 0.533. The number of rotatable bonds is 5. The van der Waals surface area contributed by atoms with Gasteiger partial charge in [0.2, 0.25) is 5.91 Å². The zero-order valence-corrected chi connectivity index (χ0v) is 16.0. The average molecular weight is 397 g/mol. The Morgan fingerprint density at radius 2 is 1.59 bits per heavy atom. The normalized spacial score (nSPS) is 11.4. The molecule has 2 aromatic rings. The van der Waals surface area contributed by atoms with E-state index in [1.54, 1.807) is 6.92 Å². The van der Waals surface area contributed by atoms with Gasteiger partial charge in [0.15, 0.2) is 15.6 Å². The molecule has 1 heterocycles. The van der Waals surface area contributed by atoms with Crippen molar-refractivity contribution in [2.75, 3.05) is 17.7 Å². The maximum Gasteiger partial charge on any atom is 0.321 e. The van der Waals surface area contributed by atoms with E-state index in [0.29, 0.717) is 0 Å². The molecule has 0 saturated carbocycles. The minimum absolute atomic E-state index is 0.0151. The van der Waals surface area contributed by atoms with Crippen LogP contribution in [0.5, 0.6) is 0 Å². The summed E-state index contributed by atoms with van der Waals surface area (Å²) in [6.07, 6.45) is 0. The molecule has 0 saturated heterocycles. The lowest BCUT2D eigenvalue weighted by Crippen LogP contribution is -2.39. The van der Waals surface area contributed by atoms with Crippen LogP contribution in [0.4, 0.5) is 5.69 Å². The lowest BCUT2D eigenvalue weighted by atomic mass is 10.2. The Morgan fingerprint density at radius 1 is 1.07 bits per heavy atom. The number of anilines is 1. The van der Waals surface area contributed by atoms with Gasteiger partial charge in [0.1, 0.15) is 0 Å². The van der Waals surface area contributed by atoms with Gasteiger partial charge in [-0.2, -0.15) is 0 Å². The van der Waals surface area contributed by atoms with E-state index >= 15 is 0 Å². The first kappa shape index (κ1) is 20.4. The van der Waals surface area contributed by atoms with Crippen LogP contribution < -0.4 is 16.4 Å². The molecule has 0 fully saturated rings. The van der Waals surface area contributed by atoms with Gasteiger partial charge in [-0.15, -0.1) is 0 Å². The molecule has 0 unspecified atom stereocenters. The third-order valence-corrected chi connectivity index (χ3v) is 5.47. The van der Waals surface area contributed by atoms with Crippen molar-refractivity contribution in [1.82, 2.24) is 9.13 Å². The minimum atomic E-state index is -4.19. The molecule has 0 radical (unpaired) electrons. The lowest BCUT2D eigenvalue weighted by molar-refractivity contribution is -0.140. The van der Waals surface area contributed by atoms with Crippen LogP contribution >= 0.6 is 0 Å². The fraction of sp³-hybridized carbons (Fsp3) is 0.375. The van der Waals surface area contributed by atoms with Crippen LogP contribution in [0.2, 0.25) is 0 Å². The van der Waals surface area contributed by atoms with Crippen LogP contribution in [0.25, 0.3) is 11.0 Å². The number of nitrogens with zero attached hydrogens (tertiary/aromatic N) is 2. The summed E-state index contributed by atoms with van der Waals surface area (Å²) in [5, 5.41) is 2.38. The number of carbonyl (C=O) groups excluding carboxylic acids is 2. The van der Waals surface area contributed by atoms with Gasteiger partial charge >= 0.3 is 17.1 Å². The van der Waals surface area contributed by atoms with E-state index in [4.69, 9.17) is 0 Å². The molecule has 11 heteroatoms. The highest BCUT2D eigenvalue weighted by Gasteiger charge is 2.26. The molecule has 1 amide bonds. The average Bonchev–Trinajstić information content (AvgIpc) is 2.56. The topological polar surface area (TPSA) is 134 Å². The molecule has 1 aromatic heterocycles. The van der Waals surface area contributed by atoms with Crippen molar-refractivity contribution in [3.8, 4) is 0 Å². The predicted octanol–water partition coefficient (Wildman–Crippen LogP) is -0.468. The maximum atomic E-state index is 12.7. The number of aromatic nitrogens is 2. The number of ether oxygens (including phenoxy) is 1. The van der Waals surface area contributed by atoms with Gasteiger partial charge in [0.25, 0.3) is 0 Å². The number of hydrogen-bond acceptors (Lipinski definition) is 7. The second-order valence-corrected chi connectivity index (χ2v) is 7.77. The summed E-state index contributed by atoms with van der Waals surface area (Å²) in [5.41, 5.74) is -1.36. The van der Waals surface area contributed by atoms with E-state index < -0.39 is 38.6 Å². The van der Waals surface area contributed by atoms with E-state index in [2.05, 4.69) is 10.1 Å². The maximum absolute atomic E-state index is 12.7. The van der Waals surface area contributed by atoms with E-state index in [-0.39, 0.29) is 28.2 Å². The molecule has 0 aliphatic carbocycles. The second kappa shape index (κ2) is 7.35. The van der Waals surface area contributed by atoms with Crippen LogP contribution in [-0.4, -0.2) is 41.8 Å². The molecule has 0 aliphatic heterocycles. The Bertz CT molecular complexity index is 1160. The Morgan fingerprint density at radius 3 is 2.07 bits per heavy atom. The Kier molecular flexibility index (Phi) is 5.54. The molecule has 0 bridgehead atoms. The van der Waals surface area contributed by atoms with E-state index in [1.807, 2.05) is 0 Å². The lowest BCUT2D eigenvalue weighted by Gasteiger charge is -2.15. The fourth-order valence-corrected chi connectivity index (χ4v) is 3.87. The highest BCUT2D eigenvalue weighted by molar-refractivity contribution is 7.92. The first-order valence-corrected chi connectivity index (χ1v) is 9.54. The summed E-state index contributed by atoms with van der Waals surface area (Å²) in [5.74, 6) is -2.42. The van der Waals surface area contributed by atoms with Gasteiger partial charge in [0.05, 0.1) is 28.2 Å². The van der Waals surface area contributed by atoms with Gasteiger partial charge in [-0.1, -0.05) is 0 Å². The van der Waals surface area contributed by atoms with Gasteiger partial charge < -0.3 is 19.2 Å². The fourth-order valence-electron chi connectivity index (χ4n) is 2.58. The van der Waals surface area contributed by atoms with Crippen molar-refractivity contribution >= 4 is 38.4 Å². The molecule has 146 valence electrons. The van der Waals surface area contributed by atoms with Crippen LogP contribution in [0, 0.1) is 0 Å². The summed E-state index contributed by atoms with van der Waals surface area (Å²) >= 11 is 0. The SMILES string of the molecule is CCOC(=O)CS(=O)(=O)c1cc2c(cc1NC(C)=O)n(C)c(=O)c(=O)n2C. The van der Waals surface area contributed by atoms with Crippen molar-refractivity contribution in [2.45, 2.75) is 18.7 Å². The first-order valence-electron chi connectivity index (χ1n) is 7.89. The number of aryl methyl sites for hydroxylation is 2. The first-order chi connectivity index (χ1) is 12.5. The molecule has 0 atom stereocenters. The number of sulfone groups is 1. The number of nitrogens with one attached hydrogen (secondary N) is 1. The standard InChI is InChI=1S/C16H19N3O7S/c1-5-26-14(21)8-27(24,25)13-7-12-11(6-10(13)17-9(2)20)18(3)15(22)16(23)19(12)4/h6-7H,5,8H2,1-4H3,(H,17,20). The summed E-state index contributed by atoms with van der Waals surface area (Å²) in [6.45, 7) is 2.74. The third kappa shape index (κ3) is 3.92. The van der Waals surface area contributed by atoms with E-state index in [1.165, 1.54) is 27.1 Å². The highest BCUT2D eigenvalue weighted by Crippen LogP contribution is 2.27. The second-order valence-electron chi connectivity index (χ2n) is 5.81. The van der Waals surface area contributed by atoms with Crippen molar-refractivity contribution in [3.63, 3.8) is 0 Å². The summed E-state index contributed by atoms with van der Waals surface area (Å²) in [7, 11) is -1.51. The van der Waals surface area contributed by atoms with Crippen LogP contribution in [0.1, 0.15) is 13.8 Å². The van der Waals surface area contributed by atoms with Gasteiger partial charge in [-0.3, -0.25) is 19.2 Å². The highest BCUT2D eigenvalue weighted by atomic mass is 32.2. The number of esters is 1. The van der Waals surface area contributed by atoms with Gasteiger partial charge in [0, 0.05) is 21.0 Å². The molecule has 27 heavy (non-hydrogen) atoms. The Hall–Kier alpha value is -2.95. The third-order valence-electron chi connectivity index (χ3n) is 3.85. The van der Waals surface area contributed by atoms with E-state index in [9.17, 15) is 27.6 Å². The molecule has 1 aromatic carbocycles. The van der Waals surface area contributed by atoms with Crippen LogP contribution in [0.3, 0.4) is 0 Å². The number of amides is 1. The molecule has 0 spiro atoms.